The summed E-state index contributed by atoms with van der Waals surface area (Å²) < 4.78 is 13.1. The van der Waals surface area contributed by atoms with Gasteiger partial charge >= 0.3 is 5.97 Å². The van der Waals surface area contributed by atoms with Gasteiger partial charge in [-0.3, -0.25) is 9.59 Å². The Balaban J connectivity index is 1.71. The molecule has 10 heteroatoms. The lowest BCUT2D eigenvalue weighted by atomic mass is 9.92. The van der Waals surface area contributed by atoms with Crippen LogP contribution in [0.2, 0.25) is 0 Å². The number of thiazole rings is 1. The summed E-state index contributed by atoms with van der Waals surface area (Å²) in [7, 11) is 1.34. The molecule has 1 aromatic heterocycles. The molecule has 0 N–H and O–H groups in total. The minimum absolute atomic E-state index is 0.0835. The highest BCUT2D eigenvalue weighted by atomic mass is 32.2. The Hall–Kier alpha value is -2.17. The fourth-order valence-corrected chi connectivity index (χ4v) is 6.05. The number of likely N-dealkylation sites (tertiary alicyclic amines) is 1. The lowest BCUT2D eigenvalue weighted by Crippen LogP contribution is -2.43. The van der Waals surface area contributed by atoms with Gasteiger partial charge in [0.2, 0.25) is 5.91 Å². The third-order valence-electron chi connectivity index (χ3n) is 5.66. The number of methoxy groups -OCH3 is 1. The van der Waals surface area contributed by atoms with Crippen LogP contribution in [0.4, 0.5) is 0 Å². The van der Waals surface area contributed by atoms with Crippen LogP contribution in [0.5, 0.6) is 0 Å². The van der Waals surface area contributed by atoms with Gasteiger partial charge in [0.25, 0.3) is 5.91 Å². The summed E-state index contributed by atoms with van der Waals surface area (Å²) in [5, 5.41) is 0. The normalized spacial score (nSPS) is 18.9. The van der Waals surface area contributed by atoms with E-state index in [1.807, 2.05) is 22.5 Å². The predicted octanol–water partition coefficient (Wildman–Crippen LogP) is 3.19. The molecule has 186 valence electrons. The number of fused-ring (bicyclic) bond motifs is 1. The summed E-state index contributed by atoms with van der Waals surface area (Å²) in [5.41, 5.74) is 1.32. The number of aromatic nitrogens is 1. The van der Waals surface area contributed by atoms with Crippen molar-refractivity contribution in [1.29, 1.82) is 0 Å². The Morgan fingerprint density at radius 1 is 1.18 bits per heavy atom. The predicted molar refractivity (Wildman–Crippen MR) is 135 cm³/mol. The molecule has 0 saturated carbocycles. The van der Waals surface area contributed by atoms with Crippen molar-refractivity contribution in [1.82, 2.24) is 9.47 Å². The van der Waals surface area contributed by atoms with Gasteiger partial charge in [0, 0.05) is 26.2 Å². The minimum atomic E-state index is -0.413. The van der Waals surface area contributed by atoms with Crippen LogP contribution in [0.15, 0.2) is 23.2 Å². The van der Waals surface area contributed by atoms with E-state index in [1.54, 1.807) is 12.1 Å². The van der Waals surface area contributed by atoms with Crippen molar-refractivity contribution in [3.05, 3.63) is 28.6 Å². The molecule has 2 aromatic rings. The van der Waals surface area contributed by atoms with E-state index in [0.29, 0.717) is 42.0 Å². The largest absolute Gasteiger partial charge is 0.465 e. The Bertz CT molecular complexity index is 1080. The highest BCUT2D eigenvalue weighted by molar-refractivity contribution is 8.00. The fraction of sp³-hybridized carbons (Fsp3) is 0.583. The van der Waals surface area contributed by atoms with Crippen molar-refractivity contribution in [2.45, 2.75) is 33.7 Å². The van der Waals surface area contributed by atoms with Gasteiger partial charge in [-0.25, -0.2) is 4.79 Å². The van der Waals surface area contributed by atoms with E-state index in [-0.39, 0.29) is 23.3 Å². The van der Waals surface area contributed by atoms with Gasteiger partial charge in [0.1, 0.15) is 0 Å². The molecule has 0 spiro atoms. The molecule has 8 nitrogen and oxygen atoms in total. The molecule has 0 aliphatic carbocycles. The van der Waals surface area contributed by atoms with Gasteiger partial charge in [0.15, 0.2) is 4.80 Å². The average Bonchev–Trinajstić information content (AvgIpc) is 3.14. The molecule has 0 radical (unpaired) electrons. The summed E-state index contributed by atoms with van der Waals surface area (Å²) in [6.07, 6.45) is 1.15. The molecular formula is C24H33N3O5S2. The number of carbonyl (C=O) groups is 3. The first-order valence-electron chi connectivity index (χ1n) is 11.5. The highest BCUT2D eigenvalue weighted by Crippen LogP contribution is 2.22. The molecule has 1 fully saturated rings. The molecule has 1 aromatic carbocycles. The van der Waals surface area contributed by atoms with Crippen molar-refractivity contribution in [2.24, 2.45) is 16.8 Å². The van der Waals surface area contributed by atoms with Gasteiger partial charge in [-0.1, -0.05) is 25.2 Å². The van der Waals surface area contributed by atoms with E-state index in [4.69, 9.17) is 9.47 Å². The number of esters is 1. The number of hydrogen-bond acceptors (Lipinski definition) is 7. The summed E-state index contributed by atoms with van der Waals surface area (Å²) in [4.78, 5) is 43.9. The zero-order valence-electron chi connectivity index (χ0n) is 20.2. The van der Waals surface area contributed by atoms with Crippen molar-refractivity contribution >= 4 is 51.1 Å². The first-order chi connectivity index (χ1) is 16.3. The Morgan fingerprint density at radius 3 is 2.59 bits per heavy atom. The maximum absolute atomic E-state index is 12.6. The number of carbonyl (C=O) groups excluding carboxylic acids is 3. The summed E-state index contributed by atoms with van der Waals surface area (Å²) in [6.45, 7) is 9.47. The van der Waals surface area contributed by atoms with Crippen LogP contribution in [-0.2, 0) is 25.6 Å². The topological polar surface area (TPSA) is 90.2 Å². The SMILES string of the molecule is CCOCCn1c(=NC(=O)CSCC(=O)N2CC(C)CC(C)C2)sc2cc(C(=O)OC)ccc21. The van der Waals surface area contributed by atoms with Crippen LogP contribution >= 0.6 is 23.1 Å². The molecular weight excluding hydrogens is 474 g/mol. The number of nitrogens with zero attached hydrogens (tertiary/aromatic N) is 3. The van der Waals surface area contributed by atoms with Crippen molar-refractivity contribution < 1.29 is 23.9 Å². The Morgan fingerprint density at radius 2 is 1.91 bits per heavy atom. The van der Waals surface area contributed by atoms with E-state index < -0.39 is 5.97 Å². The molecule has 2 atom stereocenters. The smallest absolute Gasteiger partial charge is 0.337 e. The number of ether oxygens (including phenoxy) is 2. The third kappa shape index (κ3) is 6.93. The zero-order chi connectivity index (χ0) is 24.7. The molecule has 1 aliphatic heterocycles. The van der Waals surface area contributed by atoms with E-state index in [0.717, 1.165) is 29.7 Å². The van der Waals surface area contributed by atoms with Gasteiger partial charge in [-0.2, -0.15) is 4.99 Å². The van der Waals surface area contributed by atoms with Crippen LogP contribution in [0.1, 0.15) is 37.6 Å². The third-order valence-corrected chi connectivity index (χ3v) is 7.60. The van der Waals surface area contributed by atoms with Gasteiger partial charge in [-0.05, 0) is 43.4 Å². The van der Waals surface area contributed by atoms with Gasteiger partial charge in [0.05, 0.1) is 41.0 Å². The lowest BCUT2D eigenvalue weighted by Gasteiger charge is -2.35. The Labute approximate surface area is 208 Å². The van der Waals surface area contributed by atoms with Crippen LogP contribution < -0.4 is 4.80 Å². The number of thioether (sulfide) groups is 1. The second-order valence-corrected chi connectivity index (χ2v) is 10.6. The number of hydrogen-bond donors (Lipinski definition) is 0. The van der Waals surface area contributed by atoms with Crippen molar-refractivity contribution in [3.63, 3.8) is 0 Å². The van der Waals surface area contributed by atoms with Crippen LogP contribution in [0, 0.1) is 11.8 Å². The maximum Gasteiger partial charge on any atom is 0.337 e. The molecule has 1 saturated heterocycles. The second-order valence-electron chi connectivity index (χ2n) is 8.65. The molecule has 3 rings (SSSR count). The Kier molecular flexibility index (Phi) is 9.73. The number of benzene rings is 1. The lowest BCUT2D eigenvalue weighted by molar-refractivity contribution is -0.130. The van der Waals surface area contributed by atoms with Gasteiger partial charge in [-0.15, -0.1) is 11.8 Å². The van der Waals surface area contributed by atoms with Crippen molar-refractivity contribution in [3.8, 4) is 0 Å². The van der Waals surface area contributed by atoms with E-state index in [9.17, 15) is 14.4 Å². The molecule has 2 heterocycles. The van der Waals surface area contributed by atoms with Crippen LogP contribution in [0.25, 0.3) is 10.2 Å². The zero-order valence-corrected chi connectivity index (χ0v) is 21.9. The maximum atomic E-state index is 12.6. The number of amides is 2. The van der Waals surface area contributed by atoms with Crippen molar-refractivity contribution in [2.75, 3.05) is 44.9 Å². The molecule has 34 heavy (non-hydrogen) atoms. The first-order valence-corrected chi connectivity index (χ1v) is 13.5. The standard InChI is InChI=1S/C24H33N3O5S2/c1-5-32-9-8-27-19-7-6-18(23(30)31-4)11-20(19)34-24(27)25-21(28)14-33-15-22(29)26-12-16(2)10-17(3)13-26/h6-7,11,16-17H,5,8-10,12-15H2,1-4H3. The van der Waals surface area contributed by atoms with E-state index in [2.05, 4.69) is 18.8 Å². The minimum Gasteiger partial charge on any atom is -0.465 e. The average molecular weight is 508 g/mol. The van der Waals surface area contributed by atoms with Crippen LogP contribution in [-0.4, -0.2) is 72.2 Å². The first kappa shape index (κ1) is 26.4. The number of rotatable bonds is 9. The molecule has 2 amide bonds. The monoisotopic (exact) mass is 507 g/mol. The number of piperidine rings is 1. The fourth-order valence-electron chi connectivity index (χ4n) is 4.24. The second kappa shape index (κ2) is 12.5. The molecule has 0 bridgehead atoms. The van der Waals surface area contributed by atoms with E-state index >= 15 is 0 Å². The van der Waals surface area contributed by atoms with Gasteiger partial charge < -0.3 is 18.9 Å². The summed E-state index contributed by atoms with van der Waals surface area (Å²) in [5.74, 6) is 0.813. The van der Waals surface area contributed by atoms with Crippen LogP contribution in [0.3, 0.4) is 0 Å². The summed E-state index contributed by atoms with van der Waals surface area (Å²) >= 11 is 2.65. The summed E-state index contributed by atoms with van der Waals surface area (Å²) in [6, 6.07) is 5.29. The van der Waals surface area contributed by atoms with E-state index in [1.165, 1.54) is 30.2 Å². The highest BCUT2D eigenvalue weighted by Gasteiger charge is 2.25. The molecule has 2 unspecified atom stereocenters. The molecule has 1 aliphatic rings. The quantitative estimate of drug-likeness (QED) is 0.383.